The Morgan fingerprint density at radius 3 is 2.77 bits per heavy atom. The van der Waals surface area contributed by atoms with E-state index in [1.807, 2.05) is 0 Å². The molecule has 0 aliphatic heterocycles. The number of hydrogen-bond donors (Lipinski definition) is 6. The number of rotatable bonds is 4. The van der Waals surface area contributed by atoms with Gasteiger partial charge in [0.1, 0.15) is 17.3 Å². The van der Waals surface area contributed by atoms with Crippen LogP contribution in [-0.4, -0.2) is 51.3 Å². The number of H-pyrrole nitrogens is 2. The maximum Gasteiger partial charge on any atom is 0.377 e. The average Bonchev–Trinajstić information content (AvgIpc) is 3.13. The summed E-state index contributed by atoms with van der Waals surface area (Å²) in [5.41, 5.74) is -0.0808. The Kier molecular flexibility index (Phi) is 3.33. The van der Waals surface area contributed by atoms with Crippen molar-refractivity contribution in [3.63, 3.8) is 0 Å². The molecule has 4 rings (SSSR count). The van der Waals surface area contributed by atoms with Crippen LogP contribution in [0, 0.1) is 0 Å². The monoisotopic (exact) mass is 357 g/mol. The van der Waals surface area contributed by atoms with Crippen molar-refractivity contribution in [2.75, 3.05) is 5.32 Å². The van der Waals surface area contributed by atoms with E-state index in [4.69, 9.17) is 0 Å². The Balaban J connectivity index is 1.71. The van der Waals surface area contributed by atoms with Gasteiger partial charge in [0.25, 0.3) is 0 Å². The van der Waals surface area contributed by atoms with Crippen LogP contribution in [0.15, 0.2) is 29.2 Å². The first-order valence-electron chi connectivity index (χ1n) is 7.22. The fraction of sp³-hybridized carbons (Fsp3) is 0.0714. The van der Waals surface area contributed by atoms with E-state index in [-0.39, 0.29) is 11.0 Å². The Hall–Kier alpha value is -3.61. The van der Waals surface area contributed by atoms with Crippen molar-refractivity contribution in [3.05, 3.63) is 40.6 Å². The highest BCUT2D eigenvalue weighted by Crippen LogP contribution is 2.21. The van der Waals surface area contributed by atoms with Gasteiger partial charge in [-0.25, -0.2) is 19.3 Å². The van der Waals surface area contributed by atoms with Gasteiger partial charge in [0, 0.05) is 11.5 Å². The van der Waals surface area contributed by atoms with Crippen molar-refractivity contribution in [1.82, 2.24) is 29.7 Å². The average molecular weight is 357 g/mol. The van der Waals surface area contributed by atoms with Crippen LogP contribution in [0.25, 0.3) is 22.1 Å². The molecule has 0 radical (unpaired) electrons. The van der Waals surface area contributed by atoms with Crippen molar-refractivity contribution in [2.24, 2.45) is 0 Å². The van der Waals surface area contributed by atoms with Gasteiger partial charge in [-0.05, 0) is 12.1 Å². The third kappa shape index (κ3) is 2.50. The van der Waals surface area contributed by atoms with E-state index in [0.717, 1.165) is 0 Å². The molecule has 4 aromatic heterocycles. The molecule has 0 aliphatic carbocycles. The molecule has 0 aromatic carbocycles. The summed E-state index contributed by atoms with van der Waals surface area (Å²) >= 11 is 0. The molecule has 0 spiro atoms. The van der Waals surface area contributed by atoms with E-state index in [2.05, 4.69) is 30.5 Å². The minimum Gasteiger partial charge on any atom is -0.325 e. The molecule has 26 heavy (non-hydrogen) atoms. The van der Waals surface area contributed by atoms with Crippen molar-refractivity contribution in [3.8, 4) is 0 Å². The van der Waals surface area contributed by atoms with Crippen LogP contribution >= 0.6 is 0 Å². The highest BCUT2D eigenvalue weighted by Gasteiger charge is 2.27. The molecule has 6 N–H and O–H groups in total. The predicted molar refractivity (Wildman–Crippen MR) is 87.5 cm³/mol. The topological polar surface area (TPSA) is 182 Å². The van der Waals surface area contributed by atoms with Crippen LogP contribution in [0.4, 0.5) is 11.6 Å². The molecule has 4 aromatic rings. The third-order valence-electron chi connectivity index (χ3n) is 3.69. The summed E-state index contributed by atoms with van der Waals surface area (Å²) in [6, 6.07) is 4.70. The Bertz CT molecular complexity index is 1200. The van der Waals surface area contributed by atoms with Gasteiger partial charge in [-0.3, -0.25) is 9.89 Å². The first-order valence-corrected chi connectivity index (χ1v) is 7.22. The zero-order valence-corrected chi connectivity index (χ0v) is 12.8. The first kappa shape index (κ1) is 15.9. The summed E-state index contributed by atoms with van der Waals surface area (Å²) in [6.45, 7) is 0. The van der Waals surface area contributed by atoms with E-state index in [9.17, 15) is 24.9 Å². The molecular weight excluding hydrogens is 346 g/mol. The second-order valence-electron chi connectivity index (χ2n) is 5.40. The summed E-state index contributed by atoms with van der Waals surface area (Å²) in [7, 11) is 0. The summed E-state index contributed by atoms with van der Waals surface area (Å²) in [6.07, 6.45) is -1.54. The van der Waals surface area contributed by atoms with Gasteiger partial charge in [-0.2, -0.15) is 5.10 Å². The zero-order chi connectivity index (χ0) is 18.5. The summed E-state index contributed by atoms with van der Waals surface area (Å²) in [5, 5.41) is 37.7. The van der Waals surface area contributed by atoms with Crippen LogP contribution in [-0.2, 0) is 6.10 Å². The van der Waals surface area contributed by atoms with Crippen molar-refractivity contribution >= 4 is 40.0 Å². The second-order valence-corrected chi connectivity index (χ2v) is 5.40. The number of imidazole rings is 1. The molecule has 132 valence electrons. The van der Waals surface area contributed by atoms with Gasteiger partial charge in [0.2, 0.25) is 0 Å². The predicted octanol–water partition coefficient (Wildman–Crippen LogP) is -0.903. The zero-order valence-electron chi connectivity index (χ0n) is 12.8. The molecule has 0 saturated carbocycles. The van der Waals surface area contributed by atoms with Crippen LogP contribution in [0.1, 0.15) is 10.5 Å². The van der Waals surface area contributed by atoms with E-state index in [1.165, 1.54) is 12.3 Å². The van der Waals surface area contributed by atoms with E-state index >= 15 is 0 Å². The van der Waals surface area contributed by atoms with Crippen LogP contribution in [0.2, 0.25) is 0 Å². The fourth-order valence-corrected chi connectivity index (χ4v) is 2.58. The molecule has 0 amide bonds. The van der Waals surface area contributed by atoms with E-state index < -0.39 is 11.8 Å². The molecule has 12 heteroatoms. The number of carbonyl (C=O) groups is 1. The number of aldehydes is 1. The van der Waals surface area contributed by atoms with Gasteiger partial charge in [0.15, 0.2) is 11.9 Å². The lowest BCUT2D eigenvalue weighted by atomic mass is 10.3. The SMILES string of the molecule is O=Cc1[nH]nc2nc(Nc3cc4[nH]c(=O)n(C(O)(O)O)c4cn3)ccc12. The largest absolute Gasteiger partial charge is 0.377 e. The molecule has 0 unspecified atom stereocenters. The molecule has 0 atom stereocenters. The second kappa shape index (κ2) is 5.45. The highest BCUT2D eigenvalue weighted by atomic mass is 16.7. The van der Waals surface area contributed by atoms with Crippen LogP contribution in [0.5, 0.6) is 0 Å². The lowest BCUT2D eigenvalue weighted by molar-refractivity contribution is -0.374. The third-order valence-corrected chi connectivity index (χ3v) is 3.69. The number of anilines is 2. The maximum absolute atomic E-state index is 11.8. The number of fused-ring (bicyclic) bond motifs is 2. The van der Waals surface area contributed by atoms with Gasteiger partial charge in [-0.1, -0.05) is 0 Å². The number of nitrogens with zero attached hydrogens (tertiary/aromatic N) is 4. The van der Waals surface area contributed by atoms with Crippen LogP contribution < -0.4 is 11.0 Å². The highest BCUT2D eigenvalue weighted by molar-refractivity contribution is 5.93. The summed E-state index contributed by atoms with van der Waals surface area (Å²) in [4.78, 5) is 33.3. The number of aliphatic hydroxyl groups is 3. The smallest absolute Gasteiger partial charge is 0.325 e. The van der Waals surface area contributed by atoms with Crippen LogP contribution in [0.3, 0.4) is 0 Å². The fourth-order valence-electron chi connectivity index (χ4n) is 2.58. The van der Waals surface area contributed by atoms with Gasteiger partial charge < -0.3 is 25.6 Å². The number of hydrogen-bond acceptors (Lipinski definition) is 9. The standard InChI is InChI=1S/C14H11N7O5/c22-5-8-6-1-2-10(18-12(6)20-19-8)17-11-3-7-9(4-15-11)21(13(23)16-7)14(24,25)26/h1-5,24-26H,(H,16,23)(H2,15,17,18,19,20). The molecule has 4 heterocycles. The molecule has 0 aliphatic rings. The Labute approximate surface area is 142 Å². The number of aromatic amines is 2. The molecular formula is C14H11N7O5. The summed E-state index contributed by atoms with van der Waals surface area (Å²) < 4.78 is 0.341. The normalized spacial score (nSPS) is 12.0. The molecule has 12 nitrogen and oxygen atoms in total. The lowest BCUT2D eigenvalue weighted by Crippen LogP contribution is -2.39. The summed E-state index contributed by atoms with van der Waals surface area (Å²) in [5.74, 6) is 0.680. The van der Waals surface area contributed by atoms with Gasteiger partial charge >= 0.3 is 11.8 Å². The lowest BCUT2D eigenvalue weighted by Gasteiger charge is -2.14. The number of pyridine rings is 2. The van der Waals surface area contributed by atoms with Crippen molar-refractivity contribution in [1.29, 1.82) is 0 Å². The van der Waals surface area contributed by atoms with E-state index in [0.29, 0.717) is 39.2 Å². The minimum absolute atomic E-state index is 0.0145. The van der Waals surface area contributed by atoms with Gasteiger partial charge in [-0.15, -0.1) is 0 Å². The Morgan fingerprint density at radius 2 is 2.04 bits per heavy atom. The Morgan fingerprint density at radius 1 is 1.23 bits per heavy atom. The minimum atomic E-state index is -3.35. The molecule has 0 bridgehead atoms. The molecule has 0 fully saturated rings. The van der Waals surface area contributed by atoms with Crippen molar-refractivity contribution in [2.45, 2.75) is 6.10 Å². The van der Waals surface area contributed by atoms with Gasteiger partial charge in [0.05, 0.1) is 17.2 Å². The van der Waals surface area contributed by atoms with E-state index in [1.54, 1.807) is 12.1 Å². The number of aromatic nitrogens is 6. The number of carbonyl (C=O) groups excluding carboxylic acids is 1. The first-order chi connectivity index (χ1) is 12.4. The van der Waals surface area contributed by atoms with Crippen molar-refractivity contribution < 1.29 is 20.1 Å². The quantitative estimate of drug-likeness (QED) is 0.199. The maximum atomic E-state index is 11.8. The molecule has 0 saturated heterocycles. The number of nitrogens with one attached hydrogen (secondary N) is 3.